The lowest BCUT2D eigenvalue weighted by molar-refractivity contribution is -0.143. The fourth-order valence-corrected chi connectivity index (χ4v) is 8.34. The van der Waals surface area contributed by atoms with Crippen LogP contribution in [0.2, 0.25) is 10.0 Å². The number of piperidine rings is 1. The molecular weight excluding hydrogens is 865 g/mol. The average molecular weight is 915 g/mol. The summed E-state index contributed by atoms with van der Waals surface area (Å²) in [4.78, 5) is 26.4. The second-order valence-electron chi connectivity index (χ2n) is 15.9. The predicted octanol–water partition coefficient (Wildman–Crippen LogP) is 10.1. The number of nitriles is 1. The molecule has 12 nitrogen and oxygen atoms in total. The molecule has 1 aliphatic heterocycles. The van der Waals surface area contributed by atoms with Crippen molar-refractivity contribution in [3.8, 4) is 40.2 Å². The smallest absolute Gasteiger partial charge is 0.307 e. The van der Waals surface area contributed by atoms with Crippen LogP contribution < -0.4 is 18.9 Å². The number of carbonyl (C=O) groups is 1. The molecule has 0 unspecified atom stereocenters. The number of carboxylic acids is 1. The van der Waals surface area contributed by atoms with Crippen molar-refractivity contribution in [1.29, 1.82) is 5.26 Å². The van der Waals surface area contributed by atoms with Crippen molar-refractivity contribution in [2.24, 2.45) is 10.9 Å². The van der Waals surface area contributed by atoms with Gasteiger partial charge in [-0.1, -0.05) is 59.6 Å². The zero-order valence-corrected chi connectivity index (χ0v) is 37.9. The number of aliphatic hydroxyl groups excluding tert-OH is 1. The van der Waals surface area contributed by atoms with E-state index in [2.05, 4.69) is 51.9 Å². The molecule has 1 fully saturated rings. The maximum absolute atomic E-state index is 11.8. The molecule has 2 N–H and O–H groups in total. The monoisotopic (exact) mass is 913 g/mol. The van der Waals surface area contributed by atoms with Gasteiger partial charge in [-0.3, -0.25) is 24.7 Å². The van der Waals surface area contributed by atoms with Crippen LogP contribution in [-0.2, 0) is 44.4 Å². The molecule has 1 saturated heterocycles. The van der Waals surface area contributed by atoms with E-state index < -0.39 is 11.9 Å². The van der Waals surface area contributed by atoms with Gasteiger partial charge >= 0.3 is 5.97 Å². The fourth-order valence-electron chi connectivity index (χ4n) is 7.86. The Morgan fingerprint density at radius 2 is 1.35 bits per heavy atom. The van der Waals surface area contributed by atoms with Crippen molar-refractivity contribution in [2.75, 3.05) is 20.1 Å². The van der Waals surface area contributed by atoms with Crippen molar-refractivity contribution in [2.45, 2.75) is 66.3 Å². The summed E-state index contributed by atoms with van der Waals surface area (Å²) < 4.78 is 25.2. The summed E-state index contributed by atoms with van der Waals surface area (Å²) in [6, 6.07) is 25.0. The van der Waals surface area contributed by atoms with Gasteiger partial charge in [-0.15, -0.1) is 0 Å². The third-order valence-corrected chi connectivity index (χ3v) is 12.0. The number of aromatic nitrogens is 2. The number of nitrogens with zero attached hydrogens (tertiary/aromatic N) is 5. The number of likely N-dealkylation sites (tertiary alicyclic amines) is 1. The lowest BCUT2D eigenvalue weighted by Gasteiger charge is -2.31. The number of benzene rings is 4. The van der Waals surface area contributed by atoms with E-state index in [-0.39, 0.29) is 33.0 Å². The lowest BCUT2D eigenvalue weighted by atomic mass is 9.92. The molecule has 3 heterocycles. The predicted molar refractivity (Wildman–Crippen MR) is 250 cm³/mol. The SMILES string of the molecule is C/N=C/c1cncc(COc2cc(OCc3cccc(-c4cccc(COc5cc(OCc6cncc(C#N)c6)c(CN6CCC[C@H](C(=O)O)C6)cc5Cl)c4C)c3C)c(Cl)cc2CO)c1. The molecule has 334 valence electrons. The number of aliphatic imine (C=N–C) groups is 1. The fraction of sp³-hybridized carbons (Fsp3) is 0.275. The Balaban J connectivity index is 1.07. The van der Waals surface area contributed by atoms with Gasteiger partial charge in [0.15, 0.2) is 0 Å². The number of aliphatic hydroxyl groups is 1. The van der Waals surface area contributed by atoms with Gasteiger partial charge in [0, 0.05) is 91.1 Å². The Labute approximate surface area is 388 Å². The summed E-state index contributed by atoms with van der Waals surface area (Å²) in [5.41, 5.74) is 10.3. The quantitative estimate of drug-likeness (QED) is 0.0790. The number of rotatable bonds is 18. The molecule has 14 heteroatoms. The summed E-state index contributed by atoms with van der Waals surface area (Å²) in [6.07, 6.45) is 9.73. The van der Waals surface area contributed by atoms with Crippen LogP contribution >= 0.6 is 23.2 Å². The molecule has 0 amide bonds. The van der Waals surface area contributed by atoms with Crippen LogP contribution in [0.25, 0.3) is 11.1 Å². The van der Waals surface area contributed by atoms with Crippen LogP contribution in [0.4, 0.5) is 0 Å². The van der Waals surface area contributed by atoms with E-state index in [9.17, 15) is 20.3 Å². The van der Waals surface area contributed by atoms with E-state index >= 15 is 0 Å². The summed E-state index contributed by atoms with van der Waals surface area (Å²) in [6.45, 7) is 6.34. The summed E-state index contributed by atoms with van der Waals surface area (Å²) in [5, 5.41) is 29.9. The van der Waals surface area contributed by atoms with Crippen molar-refractivity contribution >= 4 is 35.4 Å². The van der Waals surface area contributed by atoms with Gasteiger partial charge in [0.05, 0.1) is 28.1 Å². The maximum atomic E-state index is 11.8. The van der Waals surface area contributed by atoms with E-state index in [1.807, 2.05) is 36.4 Å². The van der Waals surface area contributed by atoms with E-state index in [1.54, 1.807) is 56.1 Å². The summed E-state index contributed by atoms with van der Waals surface area (Å²) in [7, 11) is 1.70. The molecule has 0 aliphatic carbocycles. The van der Waals surface area contributed by atoms with Gasteiger partial charge in [-0.2, -0.15) is 5.26 Å². The first-order valence-corrected chi connectivity index (χ1v) is 21.9. The zero-order chi connectivity index (χ0) is 45.9. The molecule has 0 radical (unpaired) electrons. The second kappa shape index (κ2) is 21.9. The Morgan fingerprint density at radius 1 is 0.785 bits per heavy atom. The van der Waals surface area contributed by atoms with E-state index in [4.69, 9.17) is 42.1 Å². The first kappa shape index (κ1) is 46.5. The molecule has 0 saturated carbocycles. The Kier molecular flexibility index (Phi) is 15.7. The highest BCUT2D eigenvalue weighted by Gasteiger charge is 2.26. The van der Waals surface area contributed by atoms with Crippen LogP contribution in [0, 0.1) is 31.1 Å². The number of pyridine rings is 2. The first-order valence-electron chi connectivity index (χ1n) is 21.1. The number of ether oxygens (including phenoxy) is 4. The van der Waals surface area contributed by atoms with Gasteiger partial charge in [-0.25, -0.2) is 0 Å². The number of halogens is 2. The van der Waals surface area contributed by atoms with Crippen molar-refractivity contribution in [1.82, 2.24) is 14.9 Å². The topological polar surface area (TPSA) is 160 Å². The molecule has 4 aromatic carbocycles. The van der Waals surface area contributed by atoms with Crippen LogP contribution in [-0.4, -0.2) is 57.4 Å². The Bertz CT molecular complexity index is 2740. The van der Waals surface area contributed by atoms with Gasteiger partial charge in [0.1, 0.15) is 55.5 Å². The number of carboxylic acid groups (broad SMARTS) is 1. The minimum absolute atomic E-state index is 0.154. The standard InChI is InChI=1S/C51H49Cl2N5O7/c1-32-39(30-64-49-17-47(62-28-36-13-34(19-54)21-56-23-36)41(15-45(49)52)26-58-12-6-9-38(25-58)51(60)61)7-4-10-43(32)44-11-5-8-40(33(44)2)31-65-50-18-48(42(27-59)16-46(50)53)63-29-37-14-35(20-55-3)22-57-24-37/h4-5,7-8,10-11,13-18,20-24,38,59H,6,9,12,25-31H2,1-3H3,(H,60,61)/b55-20+/t38-/m0/s1. The molecule has 1 aliphatic rings. The highest BCUT2D eigenvalue weighted by atomic mass is 35.5. The maximum Gasteiger partial charge on any atom is 0.307 e. The van der Waals surface area contributed by atoms with Gasteiger partial charge in [0.2, 0.25) is 0 Å². The largest absolute Gasteiger partial charge is 0.488 e. The minimum atomic E-state index is -0.794. The van der Waals surface area contributed by atoms with Gasteiger partial charge in [0.25, 0.3) is 0 Å². The molecular formula is C51H49Cl2N5O7. The van der Waals surface area contributed by atoms with E-state index in [0.29, 0.717) is 63.7 Å². The van der Waals surface area contributed by atoms with Gasteiger partial charge in [-0.05, 0) is 90.9 Å². The van der Waals surface area contributed by atoms with Gasteiger partial charge < -0.3 is 29.2 Å². The lowest BCUT2D eigenvalue weighted by Crippen LogP contribution is -2.38. The van der Waals surface area contributed by atoms with Crippen molar-refractivity contribution < 1.29 is 34.0 Å². The van der Waals surface area contributed by atoms with Crippen LogP contribution in [0.15, 0.2) is 103 Å². The molecule has 7 rings (SSSR count). The molecule has 65 heavy (non-hydrogen) atoms. The Hall–Kier alpha value is -6.49. The average Bonchev–Trinajstić information content (AvgIpc) is 3.31. The summed E-state index contributed by atoms with van der Waals surface area (Å²) >= 11 is 13.6. The third kappa shape index (κ3) is 11.8. The molecule has 0 spiro atoms. The molecule has 2 aromatic heterocycles. The molecule has 6 aromatic rings. The van der Waals surface area contributed by atoms with Crippen LogP contribution in [0.5, 0.6) is 23.0 Å². The number of hydrogen-bond acceptors (Lipinski definition) is 11. The van der Waals surface area contributed by atoms with Crippen molar-refractivity contribution in [3.63, 3.8) is 0 Å². The minimum Gasteiger partial charge on any atom is -0.488 e. The first-order chi connectivity index (χ1) is 31.5. The third-order valence-electron chi connectivity index (χ3n) is 11.4. The second-order valence-corrected chi connectivity index (χ2v) is 16.7. The van der Waals surface area contributed by atoms with E-state index in [0.717, 1.165) is 68.6 Å². The van der Waals surface area contributed by atoms with Crippen LogP contribution in [0.1, 0.15) is 68.5 Å². The number of hydrogen-bond donors (Lipinski definition) is 2. The zero-order valence-electron chi connectivity index (χ0n) is 36.4. The van der Waals surface area contributed by atoms with Crippen molar-refractivity contribution in [3.05, 3.63) is 163 Å². The highest BCUT2D eigenvalue weighted by molar-refractivity contribution is 6.32. The normalized spacial score (nSPS) is 14.0. The Morgan fingerprint density at radius 3 is 1.94 bits per heavy atom. The molecule has 0 bridgehead atoms. The summed E-state index contributed by atoms with van der Waals surface area (Å²) in [5.74, 6) is 0.624. The highest BCUT2D eigenvalue weighted by Crippen LogP contribution is 2.38. The van der Waals surface area contributed by atoms with E-state index in [1.165, 1.54) is 6.20 Å². The van der Waals surface area contributed by atoms with Crippen LogP contribution in [0.3, 0.4) is 0 Å². The molecule has 1 atom stereocenters. The number of aliphatic carboxylic acids is 1.